The summed E-state index contributed by atoms with van der Waals surface area (Å²) in [7, 11) is 0. The first-order valence-electron chi connectivity index (χ1n) is 5.58. The van der Waals surface area contributed by atoms with Crippen molar-refractivity contribution in [3.05, 3.63) is 35.9 Å². The summed E-state index contributed by atoms with van der Waals surface area (Å²) in [5.74, 6) is 0. The summed E-state index contributed by atoms with van der Waals surface area (Å²) in [6.07, 6.45) is 2.09. The SMILES string of the molecule is CC1OCCN(C[C]=O)C1c1ccccc1. The van der Waals surface area contributed by atoms with Crippen molar-refractivity contribution >= 4 is 6.29 Å². The number of carbonyl (C=O) groups excluding carboxylic acids is 1. The number of morpholine rings is 1. The second-order valence-corrected chi connectivity index (χ2v) is 4.05. The van der Waals surface area contributed by atoms with Crippen LogP contribution in [0.1, 0.15) is 18.5 Å². The van der Waals surface area contributed by atoms with E-state index < -0.39 is 0 Å². The maximum absolute atomic E-state index is 10.5. The normalized spacial score (nSPS) is 26.6. The van der Waals surface area contributed by atoms with Gasteiger partial charge >= 0.3 is 0 Å². The number of benzene rings is 1. The van der Waals surface area contributed by atoms with Crippen molar-refractivity contribution in [1.82, 2.24) is 4.90 Å². The first-order chi connectivity index (χ1) is 7.83. The lowest BCUT2D eigenvalue weighted by Gasteiger charge is -2.39. The summed E-state index contributed by atoms with van der Waals surface area (Å²) in [6, 6.07) is 10.3. The van der Waals surface area contributed by atoms with Crippen LogP contribution in [0.15, 0.2) is 30.3 Å². The molecule has 0 N–H and O–H groups in total. The molecule has 1 saturated heterocycles. The monoisotopic (exact) mass is 218 g/mol. The zero-order valence-corrected chi connectivity index (χ0v) is 9.43. The second-order valence-electron chi connectivity index (χ2n) is 4.05. The van der Waals surface area contributed by atoms with Crippen LogP contribution in [-0.4, -0.2) is 37.0 Å². The van der Waals surface area contributed by atoms with Crippen molar-refractivity contribution in [2.45, 2.75) is 19.1 Å². The number of rotatable bonds is 3. The summed E-state index contributed by atoms with van der Waals surface area (Å²) in [4.78, 5) is 12.7. The minimum absolute atomic E-state index is 0.115. The van der Waals surface area contributed by atoms with E-state index in [1.807, 2.05) is 24.5 Å². The molecular formula is C13H16NO2. The average Bonchev–Trinajstić information content (AvgIpc) is 2.31. The van der Waals surface area contributed by atoms with Crippen molar-refractivity contribution in [2.24, 2.45) is 0 Å². The smallest absolute Gasteiger partial charge is 0.213 e. The van der Waals surface area contributed by atoms with Crippen LogP contribution in [-0.2, 0) is 9.53 Å². The summed E-state index contributed by atoms with van der Waals surface area (Å²) in [5, 5.41) is 0. The highest BCUT2D eigenvalue weighted by atomic mass is 16.5. The lowest BCUT2D eigenvalue weighted by atomic mass is 9.99. The number of hydrogen-bond donors (Lipinski definition) is 0. The molecule has 0 aromatic heterocycles. The third kappa shape index (κ3) is 2.31. The minimum Gasteiger partial charge on any atom is -0.375 e. The molecule has 1 radical (unpaired) electrons. The van der Waals surface area contributed by atoms with Gasteiger partial charge in [0.2, 0.25) is 6.29 Å². The Morgan fingerprint density at radius 2 is 2.19 bits per heavy atom. The van der Waals surface area contributed by atoms with Crippen LogP contribution in [0, 0.1) is 0 Å². The van der Waals surface area contributed by atoms with Crippen molar-refractivity contribution < 1.29 is 9.53 Å². The Labute approximate surface area is 96.0 Å². The highest BCUT2D eigenvalue weighted by Gasteiger charge is 2.30. The lowest BCUT2D eigenvalue weighted by Crippen LogP contribution is -2.44. The van der Waals surface area contributed by atoms with E-state index in [9.17, 15) is 4.79 Å². The van der Waals surface area contributed by atoms with Gasteiger partial charge in [-0.3, -0.25) is 9.69 Å². The Morgan fingerprint density at radius 1 is 1.44 bits per heavy atom. The molecule has 16 heavy (non-hydrogen) atoms. The molecule has 3 heteroatoms. The molecule has 0 amide bonds. The Balaban J connectivity index is 2.22. The summed E-state index contributed by atoms with van der Waals surface area (Å²) >= 11 is 0. The van der Waals surface area contributed by atoms with Gasteiger partial charge in [-0.25, -0.2) is 0 Å². The number of nitrogens with zero attached hydrogens (tertiary/aromatic N) is 1. The van der Waals surface area contributed by atoms with Crippen LogP contribution in [0.5, 0.6) is 0 Å². The zero-order chi connectivity index (χ0) is 11.4. The van der Waals surface area contributed by atoms with Gasteiger partial charge in [0, 0.05) is 6.54 Å². The molecule has 2 atom stereocenters. The van der Waals surface area contributed by atoms with Gasteiger partial charge in [0.15, 0.2) is 0 Å². The predicted octanol–water partition coefficient (Wildman–Crippen LogP) is 1.56. The van der Waals surface area contributed by atoms with Crippen molar-refractivity contribution in [3.8, 4) is 0 Å². The first-order valence-corrected chi connectivity index (χ1v) is 5.58. The topological polar surface area (TPSA) is 29.5 Å². The second kappa shape index (κ2) is 5.23. The van der Waals surface area contributed by atoms with Gasteiger partial charge in [-0.2, -0.15) is 0 Å². The minimum atomic E-state index is 0.115. The summed E-state index contributed by atoms with van der Waals surface area (Å²) in [5.41, 5.74) is 1.20. The van der Waals surface area contributed by atoms with Crippen LogP contribution in [0.3, 0.4) is 0 Å². The zero-order valence-electron chi connectivity index (χ0n) is 9.43. The molecule has 2 unspecified atom stereocenters. The third-order valence-electron chi connectivity index (χ3n) is 3.01. The standard InChI is InChI=1S/C13H16NO2/c1-11-13(12-5-3-2-4-6-12)14(7-9-15)8-10-16-11/h2-6,11,13H,7-8,10H2,1H3. The number of hydrogen-bond acceptors (Lipinski definition) is 3. The van der Waals surface area contributed by atoms with E-state index in [1.165, 1.54) is 5.56 Å². The maximum Gasteiger partial charge on any atom is 0.213 e. The Bertz CT molecular complexity index is 339. The van der Waals surface area contributed by atoms with Crippen LogP contribution < -0.4 is 0 Å². The Hall–Kier alpha value is -1.19. The van der Waals surface area contributed by atoms with Gasteiger partial charge in [0.05, 0.1) is 25.3 Å². The van der Waals surface area contributed by atoms with E-state index in [4.69, 9.17) is 4.74 Å². The highest BCUT2D eigenvalue weighted by molar-refractivity contribution is 5.53. The van der Waals surface area contributed by atoms with E-state index in [0.29, 0.717) is 13.2 Å². The van der Waals surface area contributed by atoms with Crippen LogP contribution in [0.25, 0.3) is 0 Å². The van der Waals surface area contributed by atoms with E-state index in [2.05, 4.69) is 24.0 Å². The van der Waals surface area contributed by atoms with E-state index >= 15 is 0 Å². The molecule has 0 saturated carbocycles. The van der Waals surface area contributed by atoms with Gasteiger partial charge < -0.3 is 4.74 Å². The van der Waals surface area contributed by atoms with E-state index in [1.54, 1.807) is 0 Å². The molecule has 0 spiro atoms. The highest BCUT2D eigenvalue weighted by Crippen LogP contribution is 2.28. The van der Waals surface area contributed by atoms with Crippen molar-refractivity contribution in [2.75, 3.05) is 19.7 Å². The van der Waals surface area contributed by atoms with E-state index in [-0.39, 0.29) is 12.1 Å². The average molecular weight is 218 g/mol. The molecular weight excluding hydrogens is 202 g/mol. The lowest BCUT2D eigenvalue weighted by molar-refractivity contribution is -0.0573. The predicted molar refractivity (Wildman–Crippen MR) is 61.9 cm³/mol. The third-order valence-corrected chi connectivity index (χ3v) is 3.01. The fraction of sp³-hybridized carbons (Fsp3) is 0.462. The fourth-order valence-corrected chi connectivity index (χ4v) is 2.28. The largest absolute Gasteiger partial charge is 0.375 e. The molecule has 1 aromatic rings. The molecule has 1 heterocycles. The van der Waals surface area contributed by atoms with Gasteiger partial charge in [-0.05, 0) is 12.5 Å². The molecule has 2 rings (SSSR count). The van der Waals surface area contributed by atoms with Crippen molar-refractivity contribution in [3.63, 3.8) is 0 Å². The summed E-state index contributed by atoms with van der Waals surface area (Å²) < 4.78 is 5.65. The molecule has 85 valence electrons. The Kier molecular flexibility index (Phi) is 3.70. The fourth-order valence-electron chi connectivity index (χ4n) is 2.28. The molecule has 1 aromatic carbocycles. The maximum atomic E-state index is 10.5. The van der Waals surface area contributed by atoms with Crippen LogP contribution in [0.2, 0.25) is 0 Å². The van der Waals surface area contributed by atoms with Gasteiger partial charge in [0.1, 0.15) is 0 Å². The van der Waals surface area contributed by atoms with Gasteiger partial charge in [0.25, 0.3) is 0 Å². The summed E-state index contributed by atoms with van der Waals surface area (Å²) in [6.45, 7) is 3.88. The molecule has 0 aliphatic carbocycles. The number of ether oxygens (including phenoxy) is 1. The van der Waals surface area contributed by atoms with Crippen LogP contribution in [0.4, 0.5) is 0 Å². The van der Waals surface area contributed by atoms with Gasteiger partial charge in [-0.15, -0.1) is 0 Å². The first kappa shape index (κ1) is 11.3. The Morgan fingerprint density at radius 3 is 2.88 bits per heavy atom. The van der Waals surface area contributed by atoms with Crippen molar-refractivity contribution in [1.29, 1.82) is 0 Å². The van der Waals surface area contributed by atoms with Crippen LogP contribution >= 0.6 is 0 Å². The molecule has 0 bridgehead atoms. The van der Waals surface area contributed by atoms with Gasteiger partial charge in [-0.1, -0.05) is 30.3 Å². The molecule has 1 fully saturated rings. The molecule has 1 aliphatic heterocycles. The molecule has 1 aliphatic rings. The van der Waals surface area contributed by atoms with E-state index in [0.717, 1.165) is 6.54 Å². The molecule has 3 nitrogen and oxygen atoms in total. The quantitative estimate of drug-likeness (QED) is 0.771.